The molecule has 0 fully saturated rings. The minimum absolute atomic E-state index is 0.0488. The average molecular weight is 409 g/mol. The van der Waals surface area contributed by atoms with Crippen LogP contribution in [0.1, 0.15) is 12.5 Å². The van der Waals surface area contributed by atoms with Crippen LogP contribution < -0.4 is 10.9 Å². The van der Waals surface area contributed by atoms with Crippen LogP contribution in [0.5, 0.6) is 0 Å². The Labute approximate surface area is 165 Å². The number of hydrogen-bond acceptors (Lipinski definition) is 5. The lowest BCUT2D eigenvalue weighted by Gasteiger charge is -2.14. The molecule has 0 radical (unpaired) electrons. The summed E-state index contributed by atoms with van der Waals surface area (Å²) in [5.41, 5.74) is 1.43. The fourth-order valence-corrected chi connectivity index (χ4v) is 2.82. The Bertz CT molecular complexity index is 1050. The van der Waals surface area contributed by atoms with Gasteiger partial charge in [-0.2, -0.15) is 5.10 Å². The summed E-state index contributed by atoms with van der Waals surface area (Å²) in [5.74, 6) is 0.284. The van der Waals surface area contributed by atoms with Crippen molar-refractivity contribution in [3.63, 3.8) is 0 Å². The number of nitrogens with zero attached hydrogens (tertiary/aromatic N) is 4. The summed E-state index contributed by atoms with van der Waals surface area (Å²) in [4.78, 5) is 32.4. The molecule has 2 N–H and O–H groups in total. The SMILES string of the molecule is CC(=O)N(C)CCn1ncc2nc(NCc3ccc(Cl)c(Cl)c3)[nH]c(=O)c21. The molecule has 0 aliphatic rings. The summed E-state index contributed by atoms with van der Waals surface area (Å²) in [6.45, 7) is 2.76. The first-order valence-corrected chi connectivity index (χ1v) is 8.96. The number of rotatable bonds is 6. The van der Waals surface area contributed by atoms with Gasteiger partial charge in [0.1, 0.15) is 5.52 Å². The Balaban J connectivity index is 1.76. The number of carbonyl (C=O) groups is 1. The van der Waals surface area contributed by atoms with Crippen LogP contribution in [0.2, 0.25) is 10.0 Å². The lowest BCUT2D eigenvalue weighted by molar-refractivity contribution is -0.127. The van der Waals surface area contributed by atoms with E-state index in [0.717, 1.165) is 5.56 Å². The topological polar surface area (TPSA) is 95.9 Å². The fourth-order valence-electron chi connectivity index (χ4n) is 2.50. The van der Waals surface area contributed by atoms with Gasteiger partial charge >= 0.3 is 0 Å². The maximum Gasteiger partial charge on any atom is 0.278 e. The zero-order valence-electron chi connectivity index (χ0n) is 14.8. The molecule has 142 valence electrons. The second-order valence-corrected chi connectivity index (χ2v) is 6.87. The number of aromatic amines is 1. The summed E-state index contributed by atoms with van der Waals surface area (Å²) in [5, 5.41) is 8.21. The second kappa shape index (κ2) is 7.98. The molecular weight excluding hydrogens is 391 g/mol. The van der Waals surface area contributed by atoms with Crippen molar-refractivity contribution < 1.29 is 4.79 Å². The van der Waals surface area contributed by atoms with E-state index < -0.39 is 0 Å². The maximum absolute atomic E-state index is 12.5. The molecule has 3 aromatic rings. The fraction of sp³-hybridized carbons (Fsp3) is 0.294. The van der Waals surface area contributed by atoms with E-state index in [4.69, 9.17) is 23.2 Å². The zero-order chi connectivity index (χ0) is 19.6. The van der Waals surface area contributed by atoms with E-state index in [-0.39, 0.29) is 11.5 Å². The van der Waals surface area contributed by atoms with Gasteiger partial charge in [-0.25, -0.2) is 4.98 Å². The Morgan fingerprint density at radius 2 is 2.11 bits per heavy atom. The summed E-state index contributed by atoms with van der Waals surface area (Å²) >= 11 is 11.9. The molecule has 1 aromatic carbocycles. The quantitative estimate of drug-likeness (QED) is 0.652. The smallest absolute Gasteiger partial charge is 0.278 e. The van der Waals surface area contributed by atoms with Crippen molar-refractivity contribution in [3.8, 4) is 0 Å². The van der Waals surface area contributed by atoms with Gasteiger partial charge in [0.2, 0.25) is 11.9 Å². The van der Waals surface area contributed by atoms with Gasteiger partial charge in [-0.05, 0) is 17.7 Å². The number of carbonyl (C=O) groups excluding carboxylic acids is 1. The number of anilines is 1. The van der Waals surface area contributed by atoms with Crippen molar-refractivity contribution >= 4 is 46.1 Å². The number of amides is 1. The van der Waals surface area contributed by atoms with E-state index in [2.05, 4.69) is 20.4 Å². The first-order valence-electron chi connectivity index (χ1n) is 8.20. The minimum Gasteiger partial charge on any atom is -0.352 e. The third kappa shape index (κ3) is 4.40. The summed E-state index contributed by atoms with van der Waals surface area (Å²) < 4.78 is 1.54. The molecule has 27 heavy (non-hydrogen) atoms. The van der Waals surface area contributed by atoms with E-state index in [1.165, 1.54) is 13.1 Å². The number of aromatic nitrogens is 4. The second-order valence-electron chi connectivity index (χ2n) is 6.06. The highest BCUT2D eigenvalue weighted by Gasteiger charge is 2.12. The Kier molecular flexibility index (Phi) is 5.67. The Morgan fingerprint density at radius 1 is 1.33 bits per heavy atom. The van der Waals surface area contributed by atoms with Crippen LogP contribution in [0.3, 0.4) is 0 Å². The Hall–Kier alpha value is -2.58. The molecule has 0 aliphatic carbocycles. The van der Waals surface area contributed by atoms with Gasteiger partial charge < -0.3 is 10.2 Å². The van der Waals surface area contributed by atoms with E-state index in [9.17, 15) is 9.59 Å². The summed E-state index contributed by atoms with van der Waals surface area (Å²) in [6.07, 6.45) is 1.53. The van der Waals surface area contributed by atoms with Crippen LogP contribution in [0.15, 0.2) is 29.2 Å². The standard InChI is InChI=1S/C17H18Cl2N6O2/c1-10(26)24(2)5-6-25-15-14(9-21-25)22-17(23-16(15)27)20-8-11-3-4-12(18)13(19)7-11/h3-4,7,9H,5-6,8H2,1-2H3,(H2,20,22,23,27). The predicted octanol–water partition coefficient (Wildman–Crippen LogP) is 2.52. The van der Waals surface area contributed by atoms with Gasteiger partial charge in [-0.15, -0.1) is 0 Å². The van der Waals surface area contributed by atoms with Gasteiger partial charge in [-0.1, -0.05) is 29.3 Å². The van der Waals surface area contributed by atoms with Gasteiger partial charge in [0.25, 0.3) is 5.56 Å². The number of fused-ring (bicyclic) bond motifs is 1. The Morgan fingerprint density at radius 3 is 2.81 bits per heavy atom. The molecule has 1 amide bonds. The predicted molar refractivity (Wildman–Crippen MR) is 105 cm³/mol. The molecule has 3 rings (SSSR count). The van der Waals surface area contributed by atoms with Gasteiger partial charge in [-0.3, -0.25) is 19.3 Å². The molecule has 0 spiro atoms. The van der Waals surface area contributed by atoms with Crippen molar-refractivity contribution in [2.24, 2.45) is 0 Å². The van der Waals surface area contributed by atoms with E-state index in [1.807, 2.05) is 6.07 Å². The first kappa shape index (κ1) is 19.2. The van der Waals surface area contributed by atoms with Crippen LogP contribution in [0, 0.1) is 0 Å². The molecule has 2 heterocycles. The van der Waals surface area contributed by atoms with Crippen molar-refractivity contribution in [2.75, 3.05) is 18.9 Å². The number of halogens is 2. The zero-order valence-corrected chi connectivity index (χ0v) is 16.3. The molecule has 10 heteroatoms. The molecule has 0 bridgehead atoms. The van der Waals surface area contributed by atoms with E-state index in [1.54, 1.807) is 28.8 Å². The third-order valence-corrected chi connectivity index (χ3v) is 4.87. The lowest BCUT2D eigenvalue weighted by atomic mass is 10.2. The number of nitrogens with one attached hydrogen (secondary N) is 2. The van der Waals surface area contributed by atoms with Crippen LogP contribution in [-0.2, 0) is 17.9 Å². The van der Waals surface area contributed by atoms with E-state index in [0.29, 0.717) is 46.7 Å². The highest BCUT2D eigenvalue weighted by atomic mass is 35.5. The maximum atomic E-state index is 12.5. The monoisotopic (exact) mass is 408 g/mol. The first-order chi connectivity index (χ1) is 12.8. The number of H-pyrrole nitrogens is 1. The molecule has 8 nitrogen and oxygen atoms in total. The van der Waals surface area contributed by atoms with Crippen molar-refractivity contribution in [1.82, 2.24) is 24.6 Å². The normalized spacial score (nSPS) is 11.0. The number of likely N-dealkylation sites (N-methyl/N-ethyl adjacent to an activating group) is 1. The van der Waals surface area contributed by atoms with Crippen molar-refractivity contribution in [1.29, 1.82) is 0 Å². The van der Waals surface area contributed by atoms with Crippen molar-refractivity contribution in [3.05, 3.63) is 50.4 Å². The van der Waals surface area contributed by atoms with Gasteiger partial charge in [0.05, 0.1) is 22.8 Å². The summed E-state index contributed by atoms with van der Waals surface area (Å²) in [6, 6.07) is 5.29. The molecule has 2 aromatic heterocycles. The molecule has 0 atom stereocenters. The number of benzene rings is 1. The number of hydrogen-bond donors (Lipinski definition) is 2. The highest BCUT2D eigenvalue weighted by Crippen LogP contribution is 2.22. The average Bonchev–Trinajstić information content (AvgIpc) is 3.04. The largest absolute Gasteiger partial charge is 0.352 e. The third-order valence-electron chi connectivity index (χ3n) is 4.13. The highest BCUT2D eigenvalue weighted by molar-refractivity contribution is 6.42. The molecule has 0 aliphatic heterocycles. The van der Waals surface area contributed by atoms with Gasteiger partial charge in [0.15, 0.2) is 5.52 Å². The van der Waals surface area contributed by atoms with Crippen LogP contribution in [-0.4, -0.2) is 44.1 Å². The molecule has 0 unspecified atom stereocenters. The van der Waals surface area contributed by atoms with Crippen molar-refractivity contribution in [2.45, 2.75) is 20.0 Å². The van der Waals surface area contributed by atoms with Crippen LogP contribution in [0.4, 0.5) is 5.95 Å². The van der Waals surface area contributed by atoms with Crippen LogP contribution in [0.25, 0.3) is 11.0 Å². The van der Waals surface area contributed by atoms with Crippen LogP contribution >= 0.6 is 23.2 Å². The minimum atomic E-state index is -0.306. The van der Waals surface area contributed by atoms with E-state index >= 15 is 0 Å². The molecule has 0 saturated carbocycles. The lowest BCUT2D eigenvalue weighted by Crippen LogP contribution is -2.28. The van der Waals surface area contributed by atoms with Gasteiger partial charge in [0, 0.05) is 27.1 Å². The summed E-state index contributed by atoms with van der Waals surface area (Å²) in [7, 11) is 1.70. The molecule has 0 saturated heterocycles. The molecular formula is C17H18Cl2N6O2.